The van der Waals surface area contributed by atoms with Gasteiger partial charge >= 0.3 is 24.3 Å². The summed E-state index contributed by atoms with van der Waals surface area (Å²) in [6, 6.07) is 15.1. The first-order chi connectivity index (χ1) is 24.9. The molecule has 0 aliphatic heterocycles. The third-order valence-electron chi connectivity index (χ3n) is 8.08. The predicted molar refractivity (Wildman–Crippen MR) is 167 cm³/mol. The normalized spacial score (nSPS) is 15.6. The summed E-state index contributed by atoms with van der Waals surface area (Å²) in [4.78, 5) is 26.9. The van der Waals surface area contributed by atoms with E-state index in [0.29, 0.717) is 38.5 Å². The van der Waals surface area contributed by atoms with Crippen LogP contribution in [-0.2, 0) is 39.7 Å². The Bertz CT molecular complexity index is 1920. The van der Waals surface area contributed by atoms with Gasteiger partial charge in [0.2, 0.25) is 0 Å². The topological polar surface area (TPSA) is 71.1 Å². The largest absolute Gasteiger partial charge is 0.454 e. The molecular weight excluding hydrogens is 730 g/mol. The molecule has 0 amide bonds. The molecule has 282 valence electrons. The van der Waals surface area contributed by atoms with Gasteiger partial charge in [-0.25, -0.2) is 27.2 Å². The highest BCUT2D eigenvalue weighted by Crippen LogP contribution is 2.46. The van der Waals surface area contributed by atoms with Crippen LogP contribution in [0.15, 0.2) is 109 Å². The van der Waals surface area contributed by atoms with Gasteiger partial charge in [0.05, 0.1) is 0 Å². The minimum atomic E-state index is -5.44. The van der Waals surface area contributed by atoms with Crippen LogP contribution in [0, 0.1) is 23.3 Å². The third-order valence-corrected chi connectivity index (χ3v) is 8.08. The molecule has 0 aliphatic carbocycles. The number of carbonyl (C=O) groups excluding carboxylic acids is 2. The monoisotopic (exact) mass is 758 g/mol. The molecule has 0 radical (unpaired) electrons. The maximum absolute atomic E-state index is 14.6. The highest BCUT2D eigenvalue weighted by atomic mass is 19.4. The smallest absolute Gasteiger partial charge is 0.432 e. The molecule has 0 aliphatic rings. The van der Waals surface area contributed by atoms with Crippen molar-refractivity contribution in [2.45, 2.75) is 42.2 Å². The number of esters is 2. The Morgan fingerprint density at radius 3 is 1.42 bits per heavy atom. The van der Waals surface area contributed by atoms with Gasteiger partial charge in [0, 0.05) is 31.8 Å². The van der Waals surface area contributed by atoms with Gasteiger partial charge in [-0.05, 0) is 41.5 Å². The molecule has 6 nitrogen and oxygen atoms in total. The van der Waals surface area contributed by atoms with Gasteiger partial charge in [0.25, 0.3) is 11.2 Å². The van der Waals surface area contributed by atoms with Crippen molar-refractivity contribution in [2.24, 2.45) is 0 Å². The molecule has 0 saturated heterocycles. The highest BCUT2D eigenvalue weighted by Gasteiger charge is 2.65. The van der Waals surface area contributed by atoms with Gasteiger partial charge in [-0.3, -0.25) is 0 Å². The number of methoxy groups -OCH3 is 2. The second kappa shape index (κ2) is 16.2. The van der Waals surface area contributed by atoms with Crippen molar-refractivity contribution in [2.75, 3.05) is 14.2 Å². The van der Waals surface area contributed by atoms with Crippen LogP contribution in [0.3, 0.4) is 0 Å². The van der Waals surface area contributed by atoms with Crippen LogP contribution in [-0.4, -0.2) is 38.5 Å². The van der Waals surface area contributed by atoms with Gasteiger partial charge in [0.1, 0.15) is 12.2 Å². The zero-order chi connectivity index (χ0) is 39.2. The van der Waals surface area contributed by atoms with Gasteiger partial charge in [-0.1, -0.05) is 78.9 Å². The zero-order valence-corrected chi connectivity index (χ0v) is 27.5. The minimum Gasteiger partial charge on any atom is -0.454 e. The van der Waals surface area contributed by atoms with E-state index in [9.17, 15) is 53.5 Å². The fraction of sp³-hybridized carbons (Fsp3) is 0.243. The summed E-state index contributed by atoms with van der Waals surface area (Å²) in [5, 5.41) is 0. The number of halogens is 10. The summed E-state index contributed by atoms with van der Waals surface area (Å²) in [7, 11) is 1.17. The van der Waals surface area contributed by atoms with Gasteiger partial charge < -0.3 is 18.9 Å². The molecular formula is C37H28F10O6. The molecule has 0 heterocycles. The lowest BCUT2D eigenvalue weighted by molar-refractivity contribution is -0.278. The number of carbonyl (C=O) groups is 2. The Hall–Kier alpha value is -5.22. The average Bonchev–Trinajstić information content (AvgIpc) is 3.10. The lowest BCUT2D eigenvalue weighted by Gasteiger charge is -2.34. The number of benzene rings is 4. The fourth-order valence-electron chi connectivity index (χ4n) is 5.38. The van der Waals surface area contributed by atoms with Crippen molar-refractivity contribution in [3.63, 3.8) is 0 Å². The van der Waals surface area contributed by atoms with Gasteiger partial charge in [-0.15, -0.1) is 0 Å². The van der Waals surface area contributed by atoms with E-state index in [1.165, 1.54) is 36.4 Å². The van der Waals surface area contributed by atoms with Crippen molar-refractivity contribution in [3.8, 4) is 0 Å². The van der Waals surface area contributed by atoms with E-state index in [1.807, 2.05) is 0 Å². The van der Waals surface area contributed by atoms with Crippen LogP contribution in [0.2, 0.25) is 0 Å². The summed E-state index contributed by atoms with van der Waals surface area (Å²) in [5.74, 6) is -9.81. The SMILES string of the molecule is CO[C@](C(=O)O[C@H](/C=C/C[C@@H](OC(=O)[C@@](OC)(c1ccccc1)C(F)(F)F)c1ccc(F)c(F)c1)c1ccc(F)c(F)c1)(c1ccccc1)C(F)(F)F. The van der Waals surface area contributed by atoms with Crippen molar-refractivity contribution in [1.29, 1.82) is 0 Å². The molecule has 0 aromatic heterocycles. The van der Waals surface area contributed by atoms with E-state index in [4.69, 9.17) is 18.9 Å². The molecule has 0 N–H and O–H groups in total. The summed E-state index contributed by atoms with van der Waals surface area (Å²) >= 11 is 0. The van der Waals surface area contributed by atoms with Crippen LogP contribution in [0.1, 0.15) is 40.9 Å². The highest BCUT2D eigenvalue weighted by molar-refractivity contribution is 5.83. The van der Waals surface area contributed by atoms with E-state index in [2.05, 4.69) is 0 Å². The lowest BCUT2D eigenvalue weighted by atomic mass is 9.92. The van der Waals surface area contributed by atoms with Crippen molar-refractivity contribution >= 4 is 11.9 Å². The predicted octanol–water partition coefficient (Wildman–Crippen LogP) is 9.27. The van der Waals surface area contributed by atoms with Gasteiger partial charge in [-0.2, -0.15) is 26.3 Å². The molecule has 4 aromatic rings. The number of ether oxygens (including phenoxy) is 4. The average molecular weight is 759 g/mol. The van der Waals surface area contributed by atoms with E-state index in [0.717, 1.165) is 48.6 Å². The zero-order valence-electron chi connectivity index (χ0n) is 27.5. The van der Waals surface area contributed by atoms with E-state index < -0.39 is 94.1 Å². The first-order valence-corrected chi connectivity index (χ1v) is 15.3. The number of alkyl halides is 6. The summed E-state index contributed by atoms with van der Waals surface area (Å²) in [6.45, 7) is 0. The Labute approximate surface area is 295 Å². The fourth-order valence-corrected chi connectivity index (χ4v) is 5.38. The van der Waals surface area contributed by atoms with Crippen molar-refractivity contribution in [3.05, 3.63) is 155 Å². The first kappa shape index (κ1) is 40.5. The molecule has 53 heavy (non-hydrogen) atoms. The number of hydrogen-bond acceptors (Lipinski definition) is 6. The standard InChI is InChI=1S/C37H28F10O6/c1-50-34(36(42,43)44,24-10-5-3-6-11-24)32(48)52-30(22-16-18-26(38)28(40)20-22)14-9-15-31(23-17-19-27(39)29(41)21-23)53-33(49)35(51-2,37(45,46)47)25-12-7-4-8-13-25/h3-14,16-21,30-31H,15H2,1-2H3/b14-9+/t30-,31-,34+,35+/m1/s1. The molecule has 4 rings (SSSR count). The number of rotatable bonds is 13. The second-order valence-electron chi connectivity index (χ2n) is 11.2. The van der Waals surface area contributed by atoms with Crippen LogP contribution >= 0.6 is 0 Å². The first-order valence-electron chi connectivity index (χ1n) is 15.3. The molecule has 16 heteroatoms. The number of hydrogen-bond donors (Lipinski definition) is 0. The molecule has 0 saturated carbocycles. The van der Waals surface area contributed by atoms with Crippen LogP contribution < -0.4 is 0 Å². The molecule has 0 bridgehead atoms. The Kier molecular flexibility index (Phi) is 12.4. The maximum Gasteiger partial charge on any atom is 0.432 e. The maximum atomic E-state index is 14.6. The van der Waals surface area contributed by atoms with Crippen LogP contribution in [0.5, 0.6) is 0 Å². The van der Waals surface area contributed by atoms with E-state index >= 15 is 0 Å². The Morgan fingerprint density at radius 1 is 0.585 bits per heavy atom. The Morgan fingerprint density at radius 2 is 1.00 bits per heavy atom. The van der Waals surface area contributed by atoms with Gasteiger partial charge in [0.15, 0.2) is 23.3 Å². The quantitative estimate of drug-likeness (QED) is 0.0770. The van der Waals surface area contributed by atoms with Crippen LogP contribution in [0.25, 0.3) is 0 Å². The van der Waals surface area contributed by atoms with E-state index in [1.54, 1.807) is 0 Å². The summed E-state index contributed by atoms with van der Waals surface area (Å²) in [5.41, 5.74) is -9.67. The van der Waals surface area contributed by atoms with Crippen molar-refractivity contribution in [1.82, 2.24) is 0 Å². The van der Waals surface area contributed by atoms with Crippen molar-refractivity contribution < 1.29 is 72.4 Å². The third kappa shape index (κ3) is 8.23. The molecule has 4 aromatic carbocycles. The Balaban J connectivity index is 1.78. The van der Waals surface area contributed by atoms with Crippen LogP contribution in [0.4, 0.5) is 43.9 Å². The molecule has 4 atom stereocenters. The molecule has 0 fully saturated rings. The summed E-state index contributed by atoms with van der Waals surface area (Å²) < 4.78 is 164. The summed E-state index contributed by atoms with van der Waals surface area (Å²) in [6.07, 6.45) is -13.7. The molecule has 0 spiro atoms. The second-order valence-corrected chi connectivity index (χ2v) is 11.2. The van der Waals surface area contributed by atoms with E-state index in [-0.39, 0.29) is 5.56 Å². The minimum absolute atomic E-state index is 0.386. The lowest BCUT2D eigenvalue weighted by Crippen LogP contribution is -2.52. The molecule has 0 unspecified atom stereocenters.